The van der Waals surface area contributed by atoms with Gasteiger partial charge in [0, 0.05) is 24.1 Å². The van der Waals surface area contributed by atoms with Crippen LogP contribution in [0.3, 0.4) is 0 Å². The van der Waals surface area contributed by atoms with Crippen LogP contribution < -0.4 is 5.32 Å². The van der Waals surface area contributed by atoms with Crippen LogP contribution >= 0.6 is 23.2 Å². The zero-order valence-electron chi connectivity index (χ0n) is 10.6. The molecule has 0 spiro atoms. The van der Waals surface area contributed by atoms with Crippen LogP contribution in [-0.2, 0) is 11.2 Å². The molecule has 0 saturated carbocycles. The molecule has 0 radical (unpaired) electrons. The summed E-state index contributed by atoms with van der Waals surface area (Å²) in [5, 5.41) is 10.6. The van der Waals surface area contributed by atoms with Crippen molar-refractivity contribution in [2.24, 2.45) is 4.99 Å². The molecule has 0 aromatic heterocycles. The van der Waals surface area contributed by atoms with E-state index < -0.39 is 5.91 Å². The molecule has 2 N–H and O–H groups in total. The maximum atomic E-state index is 11.7. The number of benzene rings is 1. The summed E-state index contributed by atoms with van der Waals surface area (Å²) in [6.07, 6.45) is 1.42. The van der Waals surface area contributed by atoms with Crippen LogP contribution in [0.5, 0.6) is 0 Å². The molecular weight excluding hydrogens is 287 g/mol. The molecule has 0 saturated heterocycles. The van der Waals surface area contributed by atoms with Crippen LogP contribution in [0.1, 0.15) is 5.56 Å². The Labute approximate surface area is 121 Å². The fourth-order valence-corrected chi connectivity index (χ4v) is 1.77. The van der Waals surface area contributed by atoms with Gasteiger partial charge in [0.25, 0.3) is 0 Å². The minimum atomic E-state index is -0.393. The fourth-order valence-electron chi connectivity index (χ4n) is 1.24. The van der Waals surface area contributed by atoms with E-state index >= 15 is 0 Å². The van der Waals surface area contributed by atoms with E-state index in [2.05, 4.69) is 10.3 Å². The van der Waals surface area contributed by atoms with Gasteiger partial charge in [0.1, 0.15) is 0 Å². The summed E-state index contributed by atoms with van der Waals surface area (Å²) < 4.78 is 0. The van der Waals surface area contributed by atoms with Crippen LogP contribution in [0.15, 0.2) is 23.2 Å². The number of carbonyl (C=O) groups is 1. The number of rotatable bonds is 3. The lowest BCUT2D eigenvalue weighted by molar-refractivity contribution is -0.119. The Morgan fingerprint density at radius 3 is 2.53 bits per heavy atom. The van der Waals surface area contributed by atoms with Gasteiger partial charge in [0.2, 0.25) is 11.9 Å². The Bertz CT molecular complexity index is 494. The number of amides is 1. The third-order valence-corrected chi connectivity index (χ3v) is 2.78. The van der Waals surface area contributed by atoms with Crippen molar-refractivity contribution in [2.75, 3.05) is 14.1 Å². The van der Waals surface area contributed by atoms with Crippen LogP contribution in [-0.4, -0.2) is 37.2 Å². The molecule has 1 amide bonds. The summed E-state index contributed by atoms with van der Waals surface area (Å²) in [7, 11) is 3.53. The average Bonchev–Trinajstić information content (AvgIpc) is 2.31. The lowest BCUT2D eigenvalue weighted by Gasteiger charge is -2.07. The number of nitrogens with zero attached hydrogens (tertiary/aromatic N) is 2. The van der Waals surface area contributed by atoms with Crippen LogP contribution in [0.4, 0.5) is 0 Å². The quantitative estimate of drug-likeness (QED) is 0.663. The molecule has 0 aliphatic rings. The summed E-state index contributed by atoms with van der Waals surface area (Å²) in [6.45, 7) is 0. The second-order valence-corrected chi connectivity index (χ2v) is 4.80. The van der Waals surface area contributed by atoms with E-state index in [9.17, 15) is 4.79 Å². The first-order valence-corrected chi connectivity index (χ1v) is 6.17. The molecule has 1 rings (SSSR count). The molecule has 19 heavy (non-hydrogen) atoms. The van der Waals surface area contributed by atoms with Crippen LogP contribution in [0.25, 0.3) is 0 Å². The molecule has 0 atom stereocenters. The van der Waals surface area contributed by atoms with Crippen molar-refractivity contribution in [1.82, 2.24) is 10.2 Å². The van der Waals surface area contributed by atoms with Gasteiger partial charge in [-0.05, 0) is 17.7 Å². The second kappa shape index (κ2) is 7.11. The average molecular weight is 301 g/mol. The summed E-state index contributed by atoms with van der Waals surface area (Å²) in [5.74, 6) is -0.627. The van der Waals surface area contributed by atoms with Gasteiger partial charge in [-0.3, -0.25) is 15.5 Å². The van der Waals surface area contributed by atoms with Crippen molar-refractivity contribution >= 4 is 41.4 Å². The zero-order valence-corrected chi connectivity index (χ0v) is 12.1. The summed E-state index contributed by atoms with van der Waals surface area (Å²) in [5.41, 5.74) is 0.535. The minimum absolute atomic E-state index is 0.00162. The summed E-state index contributed by atoms with van der Waals surface area (Å²) in [6, 6.07) is 5.02. The van der Waals surface area contributed by atoms with Gasteiger partial charge in [-0.15, -0.1) is 0 Å². The third kappa shape index (κ3) is 5.28. The predicted octanol–water partition coefficient (Wildman–Crippen LogP) is 2.18. The largest absolute Gasteiger partial charge is 0.369 e. The van der Waals surface area contributed by atoms with Crippen molar-refractivity contribution in [1.29, 1.82) is 5.41 Å². The first-order valence-electron chi connectivity index (χ1n) is 5.42. The van der Waals surface area contributed by atoms with E-state index in [0.29, 0.717) is 15.6 Å². The molecule has 1 aromatic rings. The van der Waals surface area contributed by atoms with E-state index in [0.717, 1.165) is 0 Å². The Balaban J connectivity index is 2.63. The third-order valence-electron chi connectivity index (χ3n) is 2.07. The zero-order chi connectivity index (χ0) is 14.4. The van der Waals surface area contributed by atoms with Gasteiger partial charge in [-0.2, -0.15) is 0 Å². The minimum Gasteiger partial charge on any atom is -0.369 e. The van der Waals surface area contributed by atoms with E-state index in [1.807, 2.05) is 0 Å². The molecule has 0 heterocycles. The highest BCUT2D eigenvalue weighted by atomic mass is 35.5. The molecule has 102 valence electrons. The Morgan fingerprint density at radius 2 is 2.00 bits per heavy atom. The predicted molar refractivity (Wildman–Crippen MR) is 78.2 cm³/mol. The molecule has 5 nitrogen and oxygen atoms in total. The molecule has 0 bridgehead atoms. The fraction of sp³-hybridized carbons (Fsp3) is 0.250. The molecule has 0 aliphatic heterocycles. The van der Waals surface area contributed by atoms with Crippen molar-refractivity contribution < 1.29 is 4.79 Å². The molecule has 0 fully saturated rings. The Kier molecular flexibility index (Phi) is 5.79. The van der Waals surface area contributed by atoms with E-state index in [1.165, 1.54) is 6.34 Å². The number of halogens is 2. The monoisotopic (exact) mass is 300 g/mol. The van der Waals surface area contributed by atoms with Gasteiger partial charge in [0.05, 0.1) is 12.8 Å². The smallest absolute Gasteiger partial charge is 0.231 e. The number of guanidine groups is 1. The number of hydrogen-bond acceptors (Lipinski definition) is 2. The first kappa shape index (κ1) is 15.5. The number of aliphatic imine (C=N–C) groups is 1. The van der Waals surface area contributed by atoms with Crippen molar-refractivity contribution in [3.05, 3.63) is 33.8 Å². The van der Waals surface area contributed by atoms with Gasteiger partial charge >= 0.3 is 0 Å². The van der Waals surface area contributed by atoms with Crippen LogP contribution in [0, 0.1) is 5.41 Å². The highest BCUT2D eigenvalue weighted by molar-refractivity contribution is 6.36. The number of nitrogens with one attached hydrogen (secondary N) is 2. The molecule has 1 aromatic carbocycles. The van der Waals surface area contributed by atoms with Crippen LogP contribution in [0.2, 0.25) is 10.0 Å². The SMILES string of the molecule is CN(C)C=NC(=N)NC(=O)Cc1c(Cl)cccc1Cl. The topological polar surface area (TPSA) is 68.6 Å². The van der Waals surface area contributed by atoms with Gasteiger partial charge < -0.3 is 4.90 Å². The van der Waals surface area contributed by atoms with Gasteiger partial charge in [-0.25, -0.2) is 4.99 Å². The Morgan fingerprint density at radius 1 is 1.42 bits per heavy atom. The number of carbonyl (C=O) groups excluding carboxylic acids is 1. The van der Waals surface area contributed by atoms with Crippen molar-refractivity contribution in [3.63, 3.8) is 0 Å². The van der Waals surface area contributed by atoms with E-state index in [4.69, 9.17) is 28.6 Å². The van der Waals surface area contributed by atoms with Gasteiger partial charge in [-0.1, -0.05) is 29.3 Å². The maximum Gasteiger partial charge on any atom is 0.231 e. The maximum absolute atomic E-state index is 11.7. The van der Waals surface area contributed by atoms with Crippen molar-refractivity contribution in [2.45, 2.75) is 6.42 Å². The lowest BCUT2D eigenvalue weighted by Crippen LogP contribution is -2.30. The van der Waals surface area contributed by atoms with Crippen molar-refractivity contribution in [3.8, 4) is 0 Å². The number of hydrogen-bond donors (Lipinski definition) is 2. The summed E-state index contributed by atoms with van der Waals surface area (Å²) in [4.78, 5) is 17.1. The van der Waals surface area contributed by atoms with E-state index in [-0.39, 0.29) is 12.4 Å². The highest BCUT2D eigenvalue weighted by Crippen LogP contribution is 2.24. The van der Waals surface area contributed by atoms with Gasteiger partial charge in [0.15, 0.2) is 0 Å². The summed E-state index contributed by atoms with van der Waals surface area (Å²) >= 11 is 11.9. The second-order valence-electron chi connectivity index (χ2n) is 3.98. The molecule has 7 heteroatoms. The molecular formula is C12H14Cl2N4O. The Hall–Kier alpha value is -1.59. The first-order chi connectivity index (χ1) is 8.90. The molecule has 0 unspecified atom stereocenters. The highest BCUT2D eigenvalue weighted by Gasteiger charge is 2.11. The van der Waals surface area contributed by atoms with E-state index in [1.54, 1.807) is 37.2 Å². The lowest BCUT2D eigenvalue weighted by atomic mass is 10.1. The standard InChI is InChI=1S/C12H14Cl2N4O/c1-18(2)7-16-12(15)17-11(19)6-8-9(13)4-3-5-10(8)14/h3-5,7H,6H2,1-2H3,(H2,15,17,19). The normalized spacial score (nSPS) is 10.5. The molecule has 0 aliphatic carbocycles.